The highest BCUT2D eigenvalue weighted by molar-refractivity contribution is 6.74. The molecule has 1 fully saturated rings. The molecule has 4 atom stereocenters. The number of amides is 1. The number of benzene rings is 1. The number of ether oxygens (including phenoxy) is 6. The average Bonchev–Trinajstić information content (AvgIpc) is 3.10. The molecule has 218 valence electrons. The van der Waals surface area contributed by atoms with E-state index in [0.29, 0.717) is 12.4 Å². The molecule has 10 heteroatoms. The van der Waals surface area contributed by atoms with Crippen LogP contribution in [0.3, 0.4) is 0 Å². The quantitative estimate of drug-likeness (QED) is 0.271. The summed E-state index contributed by atoms with van der Waals surface area (Å²) in [4.78, 5) is 13.0. The maximum Gasteiger partial charge on any atom is 0.408 e. The normalized spacial score (nSPS) is 21.6. The minimum atomic E-state index is -2.09. The molecule has 2 rings (SSSR count). The Bertz CT molecular complexity index is 892. The number of rotatable bonds is 11. The van der Waals surface area contributed by atoms with Crippen molar-refractivity contribution < 1.29 is 37.6 Å². The first kappa shape index (κ1) is 32.5. The number of carbonyl (C=O) groups is 1. The Morgan fingerprint density at radius 1 is 1.03 bits per heavy atom. The van der Waals surface area contributed by atoms with Crippen LogP contribution in [0, 0.1) is 0 Å². The lowest BCUT2D eigenvalue weighted by molar-refractivity contribution is -0.174. The van der Waals surface area contributed by atoms with Crippen molar-refractivity contribution in [1.82, 2.24) is 5.32 Å². The summed E-state index contributed by atoms with van der Waals surface area (Å²) in [5.74, 6) is -0.226. The van der Waals surface area contributed by atoms with Gasteiger partial charge in [0.15, 0.2) is 14.1 Å². The van der Waals surface area contributed by atoms with E-state index in [1.165, 1.54) is 0 Å². The number of hydrogen-bond donors (Lipinski definition) is 1. The van der Waals surface area contributed by atoms with Gasteiger partial charge in [-0.15, -0.1) is 0 Å². The molecule has 1 N–H and O–H groups in total. The van der Waals surface area contributed by atoms with Gasteiger partial charge >= 0.3 is 6.09 Å². The summed E-state index contributed by atoms with van der Waals surface area (Å²) in [5, 5.41) is 3.04. The van der Waals surface area contributed by atoms with Crippen LogP contribution in [0.5, 0.6) is 5.75 Å². The van der Waals surface area contributed by atoms with E-state index in [1.807, 2.05) is 58.9 Å². The third-order valence-electron chi connectivity index (χ3n) is 6.82. The molecule has 0 unspecified atom stereocenters. The molecule has 1 amide bonds. The summed E-state index contributed by atoms with van der Waals surface area (Å²) in [6.07, 6.45) is -2.27. The van der Waals surface area contributed by atoms with Crippen molar-refractivity contribution >= 4 is 14.4 Å². The zero-order chi connectivity index (χ0) is 28.9. The van der Waals surface area contributed by atoms with E-state index in [2.05, 4.69) is 39.2 Å². The maximum atomic E-state index is 13.0. The van der Waals surface area contributed by atoms with Gasteiger partial charge in [-0.05, 0) is 70.4 Å². The van der Waals surface area contributed by atoms with Gasteiger partial charge < -0.3 is 38.2 Å². The third kappa shape index (κ3) is 9.20. The van der Waals surface area contributed by atoms with Gasteiger partial charge in [-0.25, -0.2) is 4.79 Å². The molecule has 0 spiro atoms. The van der Waals surface area contributed by atoms with Gasteiger partial charge in [-0.1, -0.05) is 32.9 Å². The van der Waals surface area contributed by atoms with E-state index < -0.39 is 50.2 Å². The molecule has 1 aliphatic heterocycles. The molecule has 0 aliphatic carbocycles. The van der Waals surface area contributed by atoms with Crippen LogP contribution in [0.25, 0.3) is 0 Å². The van der Waals surface area contributed by atoms with Crippen LogP contribution in [0.4, 0.5) is 4.79 Å². The first-order valence-corrected chi connectivity index (χ1v) is 16.0. The van der Waals surface area contributed by atoms with Gasteiger partial charge in [0.2, 0.25) is 0 Å². The van der Waals surface area contributed by atoms with E-state index in [1.54, 1.807) is 14.2 Å². The standard InChI is InChI=1S/C28H49NO8Si/c1-26(2,3)37-25(30)29-22(19-13-15-20(32-10)16-14-19)24-23(35-28(7,8)36-24)21(33-18-31-9)17-34-38(11,12)27(4,5)6/h13-16,21-24H,17-18H2,1-12H3,(H,29,30)/t21-,22+,23-,24-/m0/s1. The summed E-state index contributed by atoms with van der Waals surface area (Å²) < 4.78 is 41.7. The van der Waals surface area contributed by atoms with Crippen LogP contribution < -0.4 is 10.1 Å². The highest BCUT2D eigenvalue weighted by Crippen LogP contribution is 2.40. The van der Waals surface area contributed by atoms with Crippen LogP contribution in [-0.4, -0.2) is 71.7 Å². The second kappa shape index (κ2) is 12.7. The molecule has 0 aromatic heterocycles. The Kier molecular flexibility index (Phi) is 10.8. The van der Waals surface area contributed by atoms with Crippen LogP contribution >= 0.6 is 0 Å². The number of hydrogen-bond acceptors (Lipinski definition) is 8. The third-order valence-corrected chi connectivity index (χ3v) is 11.3. The Hall–Kier alpha value is -1.69. The SMILES string of the molecule is COCO[C@@H](CO[Si](C)(C)C(C)(C)C)[C@@H]1OC(C)(C)O[C@H]1[C@H](NC(=O)OC(C)(C)C)c1ccc(OC)cc1. The molecule has 9 nitrogen and oxygen atoms in total. The second-order valence-electron chi connectivity index (χ2n) is 12.6. The summed E-state index contributed by atoms with van der Waals surface area (Å²) in [6.45, 7) is 20.5. The van der Waals surface area contributed by atoms with Gasteiger partial charge in [0, 0.05) is 7.11 Å². The highest BCUT2D eigenvalue weighted by atomic mass is 28.4. The van der Waals surface area contributed by atoms with Gasteiger partial charge in [0.25, 0.3) is 0 Å². The zero-order valence-corrected chi connectivity index (χ0v) is 26.3. The summed E-state index contributed by atoms with van der Waals surface area (Å²) >= 11 is 0. The first-order chi connectivity index (χ1) is 17.4. The number of alkyl carbamates (subject to hydrolysis) is 1. The molecular formula is C28H49NO8Si. The molecule has 0 radical (unpaired) electrons. The fourth-order valence-corrected chi connectivity index (χ4v) is 4.88. The van der Waals surface area contributed by atoms with Gasteiger partial charge in [-0.2, -0.15) is 0 Å². The fraction of sp³-hybridized carbons (Fsp3) is 0.750. The second-order valence-corrected chi connectivity index (χ2v) is 17.5. The molecule has 1 saturated heterocycles. The van der Waals surface area contributed by atoms with Crippen LogP contribution in [0.2, 0.25) is 18.1 Å². The molecule has 1 heterocycles. The molecule has 0 bridgehead atoms. The lowest BCUT2D eigenvalue weighted by Gasteiger charge is -2.38. The van der Waals surface area contributed by atoms with Crippen LogP contribution in [-0.2, 0) is 28.1 Å². The lowest BCUT2D eigenvalue weighted by Crippen LogP contribution is -2.50. The van der Waals surface area contributed by atoms with Crippen molar-refractivity contribution in [2.24, 2.45) is 0 Å². The monoisotopic (exact) mass is 555 g/mol. The van der Waals surface area contributed by atoms with Crippen molar-refractivity contribution in [3.63, 3.8) is 0 Å². The Balaban J connectivity index is 2.46. The fourth-order valence-electron chi connectivity index (χ4n) is 3.86. The van der Waals surface area contributed by atoms with E-state index in [0.717, 1.165) is 5.56 Å². The van der Waals surface area contributed by atoms with Crippen LogP contribution in [0.15, 0.2) is 24.3 Å². The highest BCUT2D eigenvalue weighted by Gasteiger charge is 2.51. The smallest absolute Gasteiger partial charge is 0.408 e. The van der Waals surface area contributed by atoms with E-state index in [4.69, 9.17) is 32.8 Å². The summed E-state index contributed by atoms with van der Waals surface area (Å²) in [7, 11) is 1.09. The first-order valence-electron chi connectivity index (χ1n) is 13.1. The van der Waals surface area contributed by atoms with E-state index in [9.17, 15) is 4.79 Å². The molecular weight excluding hydrogens is 506 g/mol. The number of nitrogens with one attached hydrogen (secondary N) is 1. The van der Waals surface area contributed by atoms with E-state index in [-0.39, 0.29) is 11.8 Å². The van der Waals surface area contributed by atoms with Crippen molar-refractivity contribution in [3.8, 4) is 5.75 Å². The summed E-state index contributed by atoms with van der Waals surface area (Å²) in [6, 6.07) is 6.86. The minimum Gasteiger partial charge on any atom is -0.497 e. The van der Waals surface area contributed by atoms with Gasteiger partial charge in [-0.3, -0.25) is 0 Å². The molecule has 1 aliphatic rings. The molecule has 0 saturated carbocycles. The minimum absolute atomic E-state index is 0.0222. The zero-order valence-electron chi connectivity index (χ0n) is 25.3. The Morgan fingerprint density at radius 3 is 2.11 bits per heavy atom. The summed E-state index contributed by atoms with van der Waals surface area (Å²) in [5.41, 5.74) is 0.144. The van der Waals surface area contributed by atoms with E-state index >= 15 is 0 Å². The molecule has 1 aromatic carbocycles. The number of methoxy groups -OCH3 is 2. The van der Waals surface area contributed by atoms with Crippen molar-refractivity contribution in [1.29, 1.82) is 0 Å². The lowest BCUT2D eigenvalue weighted by atomic mass is 9.95. The van der Waals surface area contributed by atoms with Gasteiger partial charge in [0.05, 0.1) is 19.8 Å². The Labute approximate surface area is 229 Å². The maximum absolute atomic E-state index is 13.0. The van der Waals surface area contributed by atoms with Crippen molar-refractivity contribution in [2.45, 2.75) is 109 Å². The largest absolute Gasteiger partial charge is 0.497 e. The van der Waals surface area contributed by atoms with Crippen LogP contribution in [0.1, 0.15) is 67.0 Å². The molecule has 1 aromatic rings. The topological polar surface area (TPSA) is 93.7 Å². The Morgan fingerprint density at radius 2 is 1.61 bits per heavy atom. The predicted octanol–water partition coefficient (Wildman–Crippen LogP) is 5.79. The predicted molar refractivity (Wildman–Crippen MR) is 149 cm³/mol. The molecule has 38 heavy (non-hydrogen) atoms. The van der Waals surface area contributed by atoms with Gasteiger partial charge in [0.1, 0.15) is 36.5 Å². The number of carbonyl (C=O) groups excluding carboxylic acids is 1. The average molecular weight is 556 g/mol. The van der Waals surface area contributed by atoms with Crippen molar-refractivity contribution in [2.75, 3.05) is 27.6 Å². The van der Waals surface area contributed by atoms with Crippen molar-refractivity contribution in [3.05, 3.63) is 29.8 Å².